The second kappa shape index (κ2) is 4.21. The molecule has 1 nitrogen and oxygen atoms in total. The van der Waals surface area contributed by atoms with E-state index in [0.717, 1.165) is 24.1 Å². The summed E-state index contributed by atoms with van der Waals surface area (Å²) in [5.41, 5.74) is 1.86. The molecule has 1 rings (SSSR count). The molecule has 0 spiro atoms. The molecular formula is C10H14FN. The van der Waals surface area contributed by atoms with Crippen LogP contribution in [0.1, 0.15) is 11.1 Å². The molecule has 0 bridgehead atoms. The Morgan fingerprint density at radius 3 is 2.75 bits per heavy atom. The van der Waals surface area contributed by atoms with Crippen molar-refractivity contribution in [3.05, 3.63) is 35.1 Å². The summed E-state index contributed by atoms with van der Waals surface area (Å²) in [5.74, 6) is -0.0924. The molecule has 0 heterocycles. The largest absolute Gasteiger partial charge is 0.319 e. The van der Waals surface area contributed by atoms with Gasteiger partial charge in [0.05, 0.1) is 0 Å². The van der Waals surface area contributed by atoms with Crippen molar-refractivity contribution in [3.8, 4) is 0 Å². The molecule has 0 aromatic heterocycles. The van der Waals surface area contributed by atoms with Crippen LogP contribution in [0.3, 0.4) is 0 Å². The van der Waals surface area contributed by atoms with E-state index < -0.39 is 0 Å². The van der Waals surface area contributed by atoms with E-state index >= 15 is 0 Å². The molecule has 66 valence electrons. The fourth-order valence-corrected chi connectivity index (χ4v) is 1.23. The van der Waals surface area contributed by atoms with Gasteiger partial charge in [-0.25, -0.2) is 4.39 Å². The van der Waals surface area contributed by atoms with E-state index in [-0.39, 0.29) is 5.82 Å². The highest BCUT2D eigenvalue weighted by atomic mass is 19.1. The van der Waals surface area contributed by atoms with Crippen molar-refractivity contribution in [2.45, 2.75) is 13.3 Å². The lowest BCUT2D eigenvalue weighted by molar-refractivity contribution is 0.603. The monoisotopic (exact) mass is 167 g/mol. The maximum absolute atomic E-state index is 13.1. The van der Waals surface area contributed by atoms with Gasteiger partial charge >= 0.3 is 0 Å². The van der Waals surface area contributed by atoms with Crippen LogP contribution >= 0.6 is 0 Å². The molecule has 0 aliphatic heterocycles. The number of aryl methyl sites for hydroxylation is 1. The van der Waals surface area contributed by atoms with Crippen LogP contribution in [0, 0.1) is 12.7 Å². The van der Waals surface area contributed by atoms with Crippen LogP contribution in [0.2, 0.25) is 0 Å². The minimum absolute atomic E-state index is 0.0924. The molecule has 0 radical (unpaired) electrons. The van der Waals surface area contributed by atoms with E-state index in [9.17, 15) is 4.39 Å². The minimum Gasteiger partial charge on any atom is -0.319 e. The third kappa shape index (κ3) is 2.05. The van der Waals surface area contributed by atoms with Crippen LogP contribution in [0.15, 0.2) is 18.2 Å². The van der Waals surface area contributed by atoms with Gasteiger partial charge in [-0.2, -0.15) is 0 Å². The molecule has 0 saturated heterocycles. The first-order valence-electron chi connectivity index (χ1n) is 4.14. The van der Waals surface area contributed by atoms with Crippen molar-refractivity contribution >= 4 is 0 Å². The van der Waals surface area contributed by atoms with Crippen molar-refractivity contribution in [1.29, 1.82) is 0 Å². The molecule has 2 heteroatoms. The lowest BCUT2D eigenvalue weighted by Gasteiger charge is -2.05. The molecule has 1 N–H and O–H groups in total. The van der Waals surface area contributed by atoms with E-state index in [1.165, 1.54) is 6.07 Å². The number of hydrogen-bond acceptors (Lipinski definition) is 1. The van der Waals surface area contributed by atoms with Crippen LogP contribution in [0.4, 0.5) is 4.39 Å². The standard InChI is InChI=1S/C10H14FN/c1-8-4-3-5-10(11)9(8)6-7-12-2/h3-5,12H,6-7H2,1-2H3. The average molecular weight is 167 g/mol. The Bertz CT molecular complexity index is 238. The van der Waals surface area contributed by atoms with Gasteiger partial charge in [-0.3, -0.25) is 0 Å². The zero-order valence-electron chi connectivity index (χ0n) is 7.52. The molecule has 0 saturated carbocycles. The van der Waals surface area contributed by atoms with Crippen molar-refractivity contribution in [2.24, 2.45) is 0 Å². The molecule has 0 aliphatic rings. The molecule has 0 amide bonds. The van der Waals surface area contributed by atoms with Gasteiger partial charge in [0.1, 0.15) is 5.82 Å². The number of nitrogens with one attached hydrogen (secondary N) is 1. The molecule has 0 fully saturated rings. The summed E-state index contributed by atoms with van der Waals surface area (Å²) in [4.78, 5) is 0. The summed E-state index contributed by atoms with van der Waals surface area (Å²) in [7, 11) is 1.87. The van der Waals surface area contributed by atoms with E-state index in [2.05, 4.69) is 5.32 Å². The molecule has 0 atom stereocenters. The summed E-state index contributed by atoms with van der Waals surface area (Å²) in [6.07, 6.45) is 0.759. The van der Waals surface area contributed by atoms with Gasteiger partial charge in [0.25, 0.3) is 0 Å². The highest BCUT2D eigenvalue weighted by Gasteiger charge is 2.02. The predicted molar refractivity (Wildman–Crippen MR) is 48.8 cm³/mol. The van der Waals surface area contributed by atoms with Crippen molar-refractivity contribution in [3.63, 3.8) is 0 Å². The van der Waals surface area contributed by atoms with Gasteiger partial charge in [0.2, 0.25) is 0 Å². The SMILES string of the molecule is CNCCc1c(C)cccc1F. The molecule has 1 aromatic carbocycles. The summed E-state index contributed by atoms with van der Waals surface area (Å²) >= 11 is 0. The van der Waals surface area contributed by atoms with E-state index in [0.29, 0.717) is 0 Å². The van der Waals surface area contributed by atoms with Crippen molar-refractivity contribution in [2.75, 3.05) is 13.6 Å². The Morgan fingerprint density at radius 2 is 2.17 bits per heavy atom. The van der Waals surface area contributed by atoms with Crippen molar-refractivity contribution < 1.29 is 4.39 Å². The number of hydrogen-bond donors (Lipinski definition) is 1. The molecule has 0 unspecified atom stereocenters. The smallest absolute Gasteiger partial charge is 0.126 e. The second-order valence-electron chi connectivity index (χ2n) is 2.89. The van der Waals surface area contributed by atoms with Gasteiger partial charge in [-0.05, 0) is 44.1 Å². The third-order valence-corrected chi connectivity index (χ3v) is 1.98. The van der Waals surface area contributed by atoms with Crippen LogP contribution in [0.5, 0.6) is 0 Å². The van der Waals surface area contributed by atoms with Gasteiger partial charge < -0.3 is 5.32 Å². The van der Waals surface area contributed by atoms with Crippen LogP contribution < -0.4 is 5.32 Å². The Hall–Kier alpha value is -0.890. The van der Waals surface area contributed by atoms with Gasteiger partial charge in [0.15, 0.2) is 0 Å². The third-order valence-electron chi connectivity index (χ3n) is 1.98. The maximum Gasteiger partial charge on any atom is 0.126 e. The lowest BCUT2D eigenvalue weighted by Crippen LogP contribution is -2.12. The first kappa shape index (κ1) is 9.20. The number of rotatable bonds is 3. The molecule has 0 aliphatic carbocycles. The van der Waals surface area contributed by atoms with Gasteiger partial charge in [-0.1, -0.05) is 12.1 Å². The minimum atomic E-state index is -0.0924. The zero-order valence-corrected chi connectivity index (χ0v) is 7.52. The number of benzene rings is 1. The van der Waals surface area contributed by atoms with Crippen LogP contribution in [-0.4, -0.2) is 13.6 Å². The maximum atomic E-state index is 13.1. The van der Waals surface area contributed by atoms with Crippen LogP contribution in [-0.2, 0) is 6.42 Å². The van der Waals surface area contributed by atoms with Crippen LogP contribution in [0.25, 0.3) is 0 Å². The van der Waals surface area contributed by atoms with Gasteiger partial charge in [-0.15, -0.1) is 0 Å². The zero-order chi connectivity index (χ0) is 8.97. The molecular weight excluding hydrogens is 153 g/mol. The Labute approximate surface area is 72.6 Å². The Balaban J connectivity index is 2.81. The summed E-state index contributed by atoms with van der Waals surface area (Å²) in [5, 5.41) is 3.00. The lowest BCUT2D eigenvalue weighted by atomic mass is 10.1. The topological polar surface area (TPSA) is 12.0 Å². The predicted octanol–water partition coefficient (Wildman–Crippen LogP) is 1.90. The fourth-order valence-electron chi connectivity index (χ4n) is 1.23. The highest BCUT2D eigenvalue weighted by molar-refractivity contribution is 5.27. The van der Waals surface area contributed by atoms with E-state index in [4.69, 9.17) is 0 Å². The highest BCUT2D eigenvalue weighted by Crippen LogP contribution is 2.12. The summed E-state index contributed by atoms with van der Waals surface area (Å²) in [6, 6.07) is 5.19. The molecule has 12 heavy (non-hydrogen) atoms. The van der Waals surface area contributed by atoms with E-state index in [1.54, 1.807) is 6.07 Å². The number of halogens is 1. The normalized spacial score (nSPS) is 10.2. The van der Waals surface area contributed by atoms with Crippen molar-refractivity contribution in [1.82, 2.24) is 5.32 Å². The summed E-state index contributed by atoms with van der Waals surface area (Å²) in [6.45, 7) is 2.76. The second-order valence-corrected chi connectivity index (χ2v) is 2.89. The Morgan fingerprint density at radius 1 is 1.42 bits per heavy atom. The average Bonchev–Trinajstić information content (AvgIpc) is 2.04. The first-order chi connectivity index (χ1) is 5.75. The fraction of sp³-hybridized carbons (Fsp3) is 0.400. The number of likely N-dealkylation sites (N-methyl/N-ethyl adjacent to an activating group) is 1. The first-order valence-corrected chi connectivity index (χ1v) is 4.14. The molecule has 1 aromatic rings. The van der Waals surface area contributed by atoms with E-state index in [1.807, 2.05) is 20.0 Å². The quantitative estimate of drug-likeness (QED) is 0.725. The van der Waals surface area contributed by atoms with Gasteiger partial charge in [0, 0.05) is 0 Å². The summed E-state index contributed by atoms with van der Waals surface area (Å²) < 4.78 is 13.1. The Kier molecular flexibility index (Phi) is 3.23.